The first-order valence-corrected chi connectivity index (χ1v) is 15.8. The molecule has 2 rings (SSSR count). The summed E-state index contributed by atoms with van der Waals surface area (Å²) in [6.45, 7) is 22.2. The van der Waals surface area contributed by atoms with Crippen LogP contribution in [-0.4, -0.2) is 73.9 Å². The zero-order chi connectivity index (χ0) is 31.8. The molecule has 0 aliphatic carbocycles. The van der Waals surface area contributed by atoms with Crippen molar-refractivity contribution < 1.29 is 23.9 Å². The largest absolute Gasteiger partial charge is 0.444 e. The van der Waals surface area contributed by atoms with E-state index in [1.807, 2.05) is 34.6 Å². The van der Waals surface area contributed by atoms with Gasteiger partial charge in [0, 0.05) is 56.5 Å². The Morgan fingerprint density at radius 2 is 1.71 bits per heavy atom. The van der Waals surface area contributed by atoms with Crippen molar-refractivity contribution in [3.05, 3.63) is 11.4 Å². The number of methoxy groups -OCH3 is 1. The van der Waals surface area contributed by atoms with Gasteiger partial charge in [-0.1, -0.05) is 54.9 Å². The molecule has 0 spiro atoms. The Morgan fingerprint density at radius 3 is 2.26 bits per heavy atom. The predicted molar refractivity (Wildman–Crippen MR) is 168 cm³/mol. The van der Waals surface area contributed by atoms with E-state index in [0.29, 0.717) is 62.9 Å². The third kappa shape index (κ3) is 10.7. The lowest BCUT2D eigenvalue weighted by molar-refractivity contribution is -0.130. The number of nitrogens with one attached hydrogen (secondary N) is 2. The number of carbonyl (C=O) groups is 3. The molecule has 0 bridgehead atoms. The fourth-order valence-electron chi connectivity index (χ4n) is 5.58. The van der Waals surface area contributed by atoms with E-state index in [1.54, 1.807) is 12.0 Å². The highest BCUT2D eigenvalue weighted by Gasteiger charge is 2.42. The highest BCUT2D eigenvalue weighted by atomic mass is 16.6. The molecule has 0 aromatic heterocycles. The lowest BCUT2D eigenvalue weighted by Gasteiger charge is -2.41. The molecule has 0 saturated carbocycles. The summed E-state index contributed by atoms with van der Waals surface area (Å²) in [5.41, 5.74) is -0.221. The van der Waals surface area contributed by atoms with Crippen LogP contribution in [0.2, 0.25) is 0 Å². The van der Waals surface area contributed by atoms with E-state index in [1.165, 1.54) is 0 Å². The number of piperidine rings is 1. The number of amidine groups is 1. The number of aliphatic imine (C=N–C) groups is 1. The zero-order valence-corrected chi connectivity index (χ0v) is 28.2. The van der Waals surface area contributed by atoms with Gasteiger partial charge >= 0.3 is 6.09 Å². The van der Waals surface area contributed by atoms with Crippen molar-refractivity contribution >= 4 is 23.5 Å². The second-order valence-electron chi connectivity index (χ2n) is 14.7. The fourth-order valence-corrected chi connectivity index (χ4v) is 5.58. The number of ketones is 2. The number of amides is 1. The maximum absolute atomic E-state index is 14.5. The Hall–Kier alpha value is -2.42. The summed E-state index contributed by atoms with van der Waals surface area (Å²) in [6.07, 6.45) is 2.51. The zero-order valence-electron chi connectivity index (χ0n) is 28.2. The normalized spacial score (nSPS) is 20.8. The fraction of sp³-hybridized carbons (Fsp3) is 0.818. The number of ether oxygens (including phenoxy) is 2. The number of hydrogen-bond donors (Lipinski definition) is 2. The molecule has 9 nitrogen and oxygen atoms in total. The third-order valence-corrected chi connectivity index (χ3v) is 7.84. The van der Waals surface area contributed by atoms with Crippen molar-refractivity contribution in [1.82, 2.24) is 15.5 Å². The molecule has 3 atom stereocenters. The van der Waals surface area contributed by atoms with E-state index in [0.717, 1.165) is 18.7 Å². The van der Waals surface area contributed by atoms with Gasteiger partial charge in [0.1, 0.15) is 23.0 Å². The minimum Gasteiger partial charge on any atom is -0.444 e. The van der Waals surface area contributed by atoms with Crippen LogP contribution < -0.4 is 10.6 Å². The van der Waals surface area contributed by atoms with Crippen LogP contribution in [0, 0.1) is 35.0 Å². The molecule has 2 N–H and O–H groups in total. The first-order valence-electron chi connectivity index (χ1n) is 15.8. The van der Waals surface area contributed by atoms with Crippen LogP contribution in [0.4, 0.5) is 4.79 Å². The molecule has 0 radical (unpaired) electrons. The average Bonchev–Trinajstić information content (AvgIpc) is 2.88. The molecule has 240 valence electrons. The second-order valence-corrected chi connectivity index (χ2v) is 14.7. The van der Waals surface area contributed by atoms with E-state index >= 15 is 0 Å². The van der Waals surface area contributed by atoms with E-state index in [2.05, 4.69) is 45.3 Å². The lowest BCUT2D eigenvalue weighted by atomic mass is 9.73. The summed E-state index contributed by atoms with van der Waals surface area (Å²) in [7, 11) is 1.68. The Kier molecular flexibility index (Phi) is 13.1. The standard InChI is InChI=1S/C33H58N4O5/c1-21(2)13-14-25(23-17-24(27(38)22(3)4)20-37(19-23)31(40)42-33(8,9)10)28(39)26-18-35-30(32(5,6)7)36-29(26)34-15-12-16-41-11/h21-25,34H,12-20H2,1-11H3,(H,35,36). The van der Waals surface area contributed by atoms with Crippen LogP contribution >= 0.6 is 0 Å². The van der Waals surface area contributed by atoms with Crippen molar-refractivity contribution in [3.63, 3.8) is 0 Å². The number of nitrogens with zero attached hydrogens (tertiary/aromatic N) is 2. The topological polar surface area (TPSA) is 109 Å². The van der Waals surface area contributed by atoms with Gasteiger partial charge in [-0.25, -0.2) is 4.79 Å². The van der Waals surface area contributed by atoms with E-state index in [4.69, 9.17) is 14.5 Å². The van der Waals surface area contributed by atoms with Crippen LogP contribution in [0.1, 0.15) is 94.9 Å². The van der Waals surface area contributed by atoms with Crippen molar-refractivity contribution in [1.29, 1.82) is 0 Å². The molecule has 0 aromatic rings. The van der Waals surface area contributed by atoms with Crippen LogP contribution in [0.5, 0.6) is 0 Å². The monoisotopic (exact) mass is 590 g/mol. The minimum absolute atomic E-state index is 0.0425. The van der Waals surface area contributed by atoms with Crippen molar-refractivity contribution in [2.75, 3.05) is 39.9 Å². The van der Waals surface area contributed by atoms with E-state index in [9.17, 15) is 14.4 Å². The van der Waals surface area contributed by atoms with Gasteiger partial charge in [-0.15, -0.1) is 0 Å². The summed E-state index contributed by atoms with van der Waals surface area (Å²) in [6, 6.07) is 0. The van der Waals surface area contributed by atoms with Gasteiger partial charge < -0.3 is 25.0 Å². The summed E-state index contributed by atoms with van der Waals surface area (Å²) >= 11 is 0. The highest BCUT2D eigenvalue weighted by molar-refractivity contribution is 6.01. The number of likely N-dealkylation sites (tertiary alicyclic amines) is 1. The van der Waals surface area contributed by atoms with Gasteiger partial charge in [0.2, 0.25) is 0 Å². The van der Waals surface area contributed by atoms with Gasteiger partial charge in [0.25, 0.3) is 0 Å². The van der Waals surface area contributed by atoms with Crippen LogP contribution in [0.3, 0.4) is 0 Å². The summed E-state index contributed by atoms with van der Waals surface area (Å²) in [5.74, 6) is 1.12. The first-order chi connectivity index (χ1) is 19.4. The number of rotatable bonds is 13. The van der Waals surface area contributed by atoms with E-state index < -0.39 is 11.7 Å². The Morgan fingerprint density at radius 1 is 1.05 bits per heavy atom. The Balaban J connectivity index is 2.48. The van der Waals surface area contributed by atoms with Crippen LogP contribution in [0.15, 0.2) is 16.4 Å². The molecule has 42 heavy (non-hydrogen) atoms. The molecule has 1 fully saturated rings. The first kappa shape index (κ1) is 35.8. The summed E-state index contributed by atoms with van der Waals surface area (Å²) in [5, 5.41) is 6.89. The summed E-state index contributed by atoms with van der Waals surface area (Å²) < 4.78 is 10.9. The SMILES string of the molecule is COCCCNC1=C(C(=O)C(CCC(C)C)C2CC(C(=O)C(C)C)CN(C(=O)OC(C)(C)C)C2)CN=C(C(C)(C)C)N1. The van der Waals surface area contributed by atoms with Gasteiger partial charge in [0.05, 0.1) is 12.1 Å². The van der Waals surface area contributed by atoms with Gasteiger partial charge in [-0.2, -0.15) is 0 Å². The second kappa shape index (κ2) is 15.3. The van der Waals surface area contributed by atoms with Crippen LogP contribution in [-0.2, 0) is 19.1 Å². The Bertz CT molecular complexity index is 1000. The number of hydrogen-bond acceptors (Lipinski definition) is 8. The lowest BCUT2D eigenvalue weighted by Crippen LogP contribution is -2.51. The molecular formula is C33H58N4O5. The maximum atomic E-state index is 14.5. The number of Topliss-reactive ketones (excluding diaryl/α,β-unsaturated/α-hetero) is 2. The van der Waals surface area contributed by atoms with Gasteiger partial charge in [-0.05, 0) is 51.9 Å². The minimum atomic E-state index is -0.654. The highest BCUT2D eigenvalue weighted by Crippen LogP contribution is 2.36. The molecule has 2 aliphatic rings. The van der Waals surface area contributed by atoms with E-state index in [-0.39, 0.29) is 40.7 Å². The molecule has 3 unspecified atom stereocenters. The third-order valence-electron chi connectivity index (χ3n) is 7.84. The Labute approximate surface area is 254 Å². The molecule has 2 heterocycles. The average molecular weight is 591 g/mol. The molecule has 1 saturated heterocycles. The molecule has 9 heteroatoms. The molecule has 2 aliphatic heterocycles. The molecule has 0 aromatic carbocycles. The molecular weight excluding hydrogens is 532 g/mol. The van der Waals surface area contributed by atoms with Gasteiger partial charge in [-0.3, -0.25) is 14.6 Å². The quantitative estimate of drug-likeness (QED) is 0.269. The van der Waals surface area contributed by atoms with Crippen molar-refractivity contribution in [3.8, 4) is 0 Å². The van der Waals surface area contributed by atoms with Gasteiger partial charge in [0.15, 0.2) is 5.78 Å². The van der Waals surface area contributed by atoms with Crippen molar-refractivity contribution in [2.45, 2.75) is 101 Å². The molecule has 1 amide bonds. The summed E-state index contributed by atoms with van der Waals surface area (Å²) in [4.78, 5) is 47.5. The number of carbonyl (C=O) groups excluding carboxylic acids is 3. The smallest absolute Gasteiger partial charge is 0.410 e. The van der Waals surface area contributed by atoms with Crippen molar-refractivity contribution in [2.24, 2.45) is 40.0 Å². The van der Waals surface area contributed by atoms with Crippen LogP contribution in [0.25, 0.3) is 0 Å². The maximum Gasteiger partial charge on any atom is 0.410 e. The predicted octanol–water partition coefficient (Wildman–Crippen LogP) is 5.59.